The Morgan fingerprint density at radius 3 is 2.73 bits per heavy atom. The second-order valence-electron chi connectivity index (χ2n) is 5.77. The summed E-state index contributed by atoms with van der Waals surface area (Å²) in [7, 11) is 0. The van der Waals surface area contributed by atoms with Gasteiger partial charge in [0.2, 0.25) is 5.91 Å². The summed E-state index contributed by atoms with van der Waals surface area (Å²) in [6, 6.07) is 10.1. The van der Waals surface area contributed by atoms with Crippen molar-refractivity contribution in [2.24, 2.45) is 0 Å². The zero-order valence-corrected chi connectivity index (χ0v) is 12.6. The average molecular weight is 299 g/mol. The summed E-state index contributed by atoms with van der Waals surface area (Å²) in [5.74, 6) is 0.734. The minimum Gasteiger partial charge on any atom is -0.348 e. The summed E-state index contributed by atoms with van der Waals surface area (Å²) >= 11 is 0. The predicted octanol–water partition coefficient (Wildman–Crippen LogP) is 2.04. The summed E-state index contributed by atoms with van der Waals surface area (Å²) in [6.07, 6.45) is 6.37. The molecular formula is C16H21N5O. The quantitative estimate of drug-likeness (QED) is 0.917. The minimum absolute atomic E-state index is 0.00982. The van der Waals surface area contributed by atoms with Gasteiger partial charge >= 0.3 is 0 Å². The normalized spacial score (nSPS) is 15.6. The second kappa shape index (κ2) is 7.15. The van der Waals surface area contributed by atoms with Crippen molar-refractivity contribution in [2.45, 2.75) is 51.1 Å². The van der Waals surface area contributed by atoms with Crippen molar-refractivity contribution >= 4 is 5.91 Å². The van der Waals surface area contributed by atoms with Crippen molar-refractivity contribution in [1.29, 1.82) is 0 Å². The van der Waals surface area contributed by atoms with Crippen molar-refractivity contribution in [3.8, 4) is 0 Å². The Morgan fingerprint density at radius 1 is 1.18 bits per heavy atom. The van der Waals surface area contributed by atoms with Gasteiger partial charge in [-0.1, -0.05) is 49.6 Å². The molecule has 0 spiro atoms. The largest absolute Gasteiger partial charge is 0.348 e. The molecule has 6 heteroatoms. The first-order chi connectivity index (χ1) is 10.8. The Balaban J connectivity index is 1.55. The lowest BCUT2D eigenvalue weighted by Crippen LogP contribution is -2.27. The molecule has 2 aromatic rings. The van der Waals surface area contributed by atoms with Crippen LogP contribution in [0.1, 0.15) is 49.5 Å². The molecule has 0 bridgehead atoms. The molecule has 1 aliphatic carbocycles. The van der Waals surface area contributed by atoms with Crippen LogP contribution in [0.2, 0.25) is 0 Å². The first-order valence-electron chi connectivity index (χ1n) is 7.90. The van der Waals surface area contributed by atoms with Crippen molar-refractivity contribution in [2.75, 3.05) is 0 Å². The van der Waals surface area contributed by atoms with Crippen LogP contribution in [0, 0.1) is 0 Å². The first-order valence-corrected chi connectivity index (χ1v) is 7.90. The first kappa shape index (κ1) is 14.7. The third kappa shape index (κ3) is 3.69. The van der Waals surface area contributed by atoms with Crippen LogP contribution in [0.5, 0.6) is 0 Å². The van der Waals surface area contributed by atoms with Gasteiger partial charge in [-0.25, -0.2) is 4.68 Å². The molecule has 0 unspecified atom stereocenters. The van der Waals surface area contributed by atoms with Crippen LogP contribution in [0.15, 0.2) is 30.3 Å². The summed E-state index contributed by atoms with van der Waals surface area (Å²) in [6.45, 7) is 0.384. The Hall–Kier alpha value is -2.24. The summed E-state index contributed by atoms with van der Waals surface area (Å²) in [4.78, 5) is 12.0. The Morgan fingerprint density at radius 2 is 1.95 bits per heavy atom. The number of nitrogens with one attached hydrogen (secondary N) is 1. The molecule has 6 nitrogen and oxygen atoms in total. The molecule has 1 N–H and O–H groups in total. The molecule has 1 fully saturated rings. The highest BCUT2D eigenvalue weighted by atomic mass is 16.1. The maximum atomic E-state index is 12.0. The monoisotopic (exact) mass is 299 g/mol. The van der Waals surface area contributed by atoms with Gasteiger partial charge in [-0.15, -0.1) is 5.10 Å². The van der Waals surface area contributed by atoms with Gasteiger partial charge in [0.25, 0.3) is 0 Å². The third-order valence-corrected chi connectivity index (χ3v) is 4.13. The number of carbonyl (C=O) groups is 1. The van der Waals surface area contributed by atoms with E-state index in [1.807, 2.05) is 35.0 Å². The van der Waals surface area contributed by atoms with E-state index < -0.39 is 0 Å². The van der Waals surface area contributed by atoms with E-state index in [2.05, 4.69) is 20.8 Å². The van der Waals surface area contributed by atoms with E-state index in [1.165, 1.54) is 19.3 Å². The van der Waals surface area contributed by atoms with E-state index in [9.17, 15) is 4.79 Å². The molecule has 116 valence electrons. The molecule has 0 saturated heterocycles. The van der Waals surface area contributed by atoms with Crippen molar-refractivity contribution in [3.05, 3.63) is 41.7 Å². The second-order valence-corrected chi connectivity index (χ2v) is 5.77. The fraction of sp³-hybridized carbons (Fsp3) is 0.500. The minimum atomic E-state index is -0.00982. The molecule has 1 saturated carbocycles. The molecule has 1 amide bonds. The van der Waals surface area contributed by atoms with Crippen LogP contribution >= 0.6 is 0 Å². The average Bonchev–Trinajstić information content (AvgIpc) is 3.03. The van der Waals surface area contributed by atoms with E-state index in [-0.39, 0.29) is 5.91 Å². The maximum absolute atomic E-state index is 12.0. The van der Waals surface area contributed by atoms with E-state index in [0.717, 1.165) is 24.2 Å². The van der Waals surface area contributed by atoms with Gasteiger partial charge in [0.15, 0.2) is 5.82 Å². The zero-order chi connectivity index (χ0) is 15.2. The Kier molecular flexibility index (Phi) is 4.78. The standard InChI is InChI=1S/C16H21N5O/c22-16(11-13-7-3-1-4-8-13)17-12-15-18-19-20-21(15)14-9-5-2-6-10-14/h1,3-4,7-8,14H,2,5-6,9-12H2,(H,17,22). The van der Waals surface area contributed by atoms with Crippen LogP contribution in [0.3, 0.4) is 0 Å². The summed E-state index contributed by atoms with van der Waals surface area (Å²) in [5.41, 5.74) is 1.01. The number of tetrazole rings is 1. The maximum Gasteiger partial charge on any atom is 0.224 e. The number of benzene rings is 1. The topological polar surface area (TPSA) is 72.7 Å². The zero-order valence-electron chi connectivity index (χ0n) is 12.6. The van der Waals surface area contributed by atoms with Gasteiger partial charge in [-0.2, -0.15) is 0 Å². The fourth-order valence-corrected chi connectivity index (χ4v) is 2.96. The highest BCUT2D eigenvalue weighted by Crippen LogP contribution is 2.27. The molecule has 3 rings (SSSR count). The van der Waals surface area contributed by atoms with Gasteiger partial charge in [-0.3, -0.25) is 4.79 Å². The van der Waals surface area contributed by atoms with Crippen LogP contribution in [-0.4, -0.2) is 26.1 Å². The van der Waals surface area contributed by atoms with E-state index >= 15 is 0 Å². The number of amides is 1. The predicted molar refractivity (Wildman–Crippen MR) is 81.9 cm³/mol. The van der Waals surface area contributed by atoms with Crippen LogP contribution in [0.4, 0.5) is 0 Å². The van der Waals surface area contributed by atoms with Crippen LogP contribution in [0.25, 0.3) is 0 Å². The SMILES string of the molecule is O=C(Cc1ccccc1)NCc1nnnn1C1CCCCC1. The molecule has 1 aromatic carbocycles. The van der Waals surface area contributed by atoms with Gasteiger partial charge in [-0.05, 0) is 28.8 Å². The highest BCUT2D eigenvalue weighted by molar-refractivity contribution is 5.78. The molecule has 22 heavy (non-hydrogen) atoms. The smallest absolute Gasteiger partial charge is 0.224 e. The third-order valence-electron chi connectivity index (χ3n) is 4.13. The number of hydrogen-bond donors (Lipinski definition) is 1. The molecular weight excluding hydrogens is 278 g/mol. The number of hydrogen-bond acceptors (Lipinski definition) is 4. The highest BCUT2D eigenvalue weighted by Gasteiger charge is 2.20. The van der Waals surface area contributed by atoms with Crippen molar-refractivity contribution in [1.82, 2.24) is 25.5 Å². The van der Waals surface area contributed by atoms with E-state index in [1.54, 1.807) is 0 Å². The Bertz CT molecular complexity index is 604. The van der Waals surface area contributed by atoms with Crippen LogP contribution < -0.4 is 5.32 Å². The van der Waals surface area contributed by atoms with Gasteiger partial charge in [0.05, 0.1) is 19.0 Å². The summed E-state index contributed by atoms with van der Waals surface area (Å²) < 4.78 is 1.89. The van der Waals surface area contributed by atoms with Crippen LogP contribution in [-0.2, 0) is 17.8 Å². The van der Waals surface area contributed by atoms with E-state index in [4.69, 9.17) is 0 Å². The number of aromatic nitrogens is 4. The molecule has 1 heterocycles. The summed E-state index contributed by atoms with van der Waals surface area (Å²) in [5, 5.41) is 14.8. The molecule has 0 atom stereocenters. The number of rotatable bonds is 5. The van der Waals surface area contributed by atoms with Crippen molar-refractivity contribution < 1.29 is 4.79 Å². The lowest BCUT2D eigenvalue weighted by atomic mass is 9.95. The van der Waals surface area contributed by atoms with Gasteiger partial charge in [0, 0.05) is 0 Å². The molecule has 1 aliphatic rings. The van der Waals surface area contributed by atoms with Gasteiger partial charge in [0.1, 0.15) is 0 Å². The fourth-order valence-electron chi connectivity index (χ4n) is 2.96. The molecule has 1 aromatic heterocycles. The van der Waals surface area contributed by atoms with Crippen molar-refractivity contribution in [3.63, 3.8) is 0 Å². The van der Waals surface area contributed by atoms with Gasteiger partial charge < -0.3 is 5.32 Å². The lowest BCUT2D eigenvalue weighted by molar-refractivity contribution is -0.120. The molecule has 0 aliphatic heterocycles. The van der Waals surface area contributed by atoms with E-state index in [0.29, 0.717) is 19.0 Å². The number of carbonyl (C=O) groups excluding carboxylic acids is 1. The Labute approximate surface area is 129 Å². The number of nitrogens with zero attached hydrogens (tertiary/aromatic N) is 4. The molecule has 0 radical (unpaired) electrons. The lowest BCUT2D eigenvalue weighted by Gasteiger charge is -2.22.